The summed E-state index contributed by atoms with van der Waals surface area (Å²) in [6, 6.07) is 7.76. The monoisotopic (exact) mass is 246 g/mol. The van der Waals surface area contributed by atoms with Crippen LogP contribution in [0.25, 0.3) is 0 Å². The van der Waals surface area contributed by atoms with Gasteiger partial charge in [-0.25, -0.2) is 0 Å². The summed E-state index contributed by atoms with van der Waals surface area (Å²) in [5.41, 5.74) is 2.12. The molecule has 98 valence electrons. The first kappa shape index (κ1) is 12.9. The molecule has 1 aliphatic rings. The molecule has 0 bridgehead atoms. The summed E-state index contributed by atoms with van der Waals surface area (Å²) >= 11 is 0. The number of hydrogen-bond acceptors (Lipinski definition) is 2. The van der Waals surface area contributed by atoms with Crippen LogP contribution in [0, 0.1) is 5.41 Å². The van der Waals surface area contributed by atoms with E-state index < -0.39 is 0 Å². The molecule has 1 saturated heterocycles. The van der Waals surface area contributed by atoms with Gasteiger partial charge in [0.05, 0.1) is 0 Å². The summed E-state index contributed by atoms with van der Waals surface area (Å²) in [5, 5.41) is 3.23. The van der Waals surface area contributed by atoms with E-state index in [1.807, 2.05) is 29.2 Å². The second kappa shape index (κ2) is 5.01. The quantitative estimate of drug-likeness (QED) is 0.889. The van der Waals surface area contributed by atoms with Crippen molar-refractivity contribution in [3.63, 3.8) is 0 Å². The van der Waals surface area contributed by atoms with Gasteiger partial charge < -0.3 is 10.2 Å². The fourth-order valence-electron chi connectivity index (χ4n) is 2.40. The molecule has 1 amide bonds. The zero-order valence-corrected chi connectivity index (χ0v) is 11.5. The highest BCUT2D eigenvalue weighted by atomic mass is 16.2. The topological polar surface area (TPSA) is 32.3 Å². The summed E-state index contributed by atoms with van der Waals surface area (Å²) in [7, 11) is 0. The minimum Gasteiger partial charge on any atom is -0.385 e. The summed E-state index contributed by atoms with van der Waals surface area (Å²) in [6.45, 7) is 9.13. The number of carbonyl (C=O) groups excluding carboxylic acids is 1. The molecule has 0 saturated carbocycles. The first-order chi connectivity index (χ1) is 8.52. The Hall–Kier alpha value is -1.51. The Morgan fingerprint density at radius 2 is 2.00 bits per heavy atom. The Labute approximate surface area is 109 Å². The highest BCUT2D eigenvalue weighted by Gasteiger charge is 2.32. The maximum absolute atomic E-state index is 12.3. The first-order valence-electron chi connectivity index (χ1n) is 6.65. The molecular formula is C15H22N2O. The van der Waals surface area contributed by atoms with Gasteiger partial charge in [0.1, 0.15) is 0 Å². The predicted octanol–water partition coefficient (Wildman–Crippen LogP) is 2.99. The van der Waals surface area contributed by atoms with Crippen LogP contribution in [0.3, 0.4) is 0 Å². The van der Waals surface area contributed by atoms with Gasteiger partial charge in [-0.15, -0.1) is 0 Å². The van der Waals surface area contributed by atoms with Crippen LogP contribution in [-0.4, -0.2) is 30.4 Å². The average molecular weight is 246 g/mol. The summed E-state index contributed by atoms with van der Waals surface area (Å²) in [6.07, 6.45) is 1.09. The zero-order valence-electron chi connectivity index (χ0n) is 11.5. The minimum absolute atomic E-state index is 0.156. The Morgan fingerprint density at radius 3 is 2.50 bits per heavy atom. The molecule has 0 aromatic heterocycles. The fraction of sp³-hybridized carbons (Fsp3) is 0.533. The molecule has 0 spiro atoms. The molecule has 1 heterocycles. The number of anilines is 1. The van der Waals surface area contributed by atoms with Crippen molar-refractivity contribution in [3.8, 4) is 0 Å². The van der Waals surface area contributed by atoms with Crippen molar-refractivity contribution in [2.75, 3.05) is 25.0 Å². The lowest BCUT2D eigenvalue weighted by Crippen LogP contribution is -2.30. The molecule has 1 N–H and O–H groups in total. The van der Waals surface area contributed by atoms with Crippen molar-refractivity contribution >= 4 is 11.6 Å². The lowest BCUT2D eigenvalue weighted by molar-refractivity contribution is 0.0778. The number of benzene rings is 1. The molecule has 0 radical (unpaired) electrons. The van der Waals surface area contributed by atoms with Crippen LogP contribution in [0.2, 0.25) is 0 Å². The third-order valence-electron chi connectivity index (χ3n) is 3.48. The second-order valence-electron chi connectivity index (χ2n) is 5.75. The van der Waals surface area contributed by atoms with E-state index in [1.165, 1.54) is 0 Å². The smallest absolute Gasteiger partial charge is 0.253 e. The van der Waals surface area contributed by atoms with Crippen molar-refractivity contribution in [2.45, 2.75) is 27.2 Å². The Kier molecular flexibility index (Phi) is 3.60. The van der Waals surface area contributed by atoms with Gasteiger partial charge in [-0.1, -0.05) is 13.8 Å². The molecule has 18 heavy (non-hydrogen) atoms. The van der Waals surface area contributed by atoms with E-state index in [0.29, 0.717) is 0 Å². The van der Waals surface area contributed by atoms with Crippen LogP contribution in [0.5, 0.6) is 0 Å². The molecule has 0 unspecified atom stereocenters. The lowest BCUT2D eigenvalue weighted by atomic mass is 9.93. The third-order valence-corrected chi connectivity index (χ3v) is 3.48. The number of nitrogens with one attached hydrogen (secondary N) is 1. The average Bonchev–Trinajstić information content (AvgIpc) is 2.70. The van der Waals surface area contributed by atoms with Gasteiger partial charge in [0.25, 0.3) is 5.91 Å². The van der Waals surface area contributed by atoms with Crippen molar-refractivity contribution in [1.82, 2.24) is 4.90 Å². The summed E-state index contributed by atoms with van der Waals surface area (Å²) < 4.78 is 0. The lowest BCUT2D eigenvalue weighted by Gasteiger charge is -2.20. The number of rotatable bonds is 3. The summed E-state index contributed by atoms with van der Waals surface area (Å²) in [4.78, 5) is 14.3. The number of hydrogen-bond donors (Lipinski definition) is 1. The van der Waals surface area contributed by atoms with Gasteiger partial charge in [0.2, 0.25) is 0 Å². The van der Waals surface area contributed by atoms with E-state index in [0.717, 1.165) is 37.3 Å². The van der Waals surface area contributed by atoms with E-state index in [2.05, 4.69) is 26.1 Å². The van der Waals surface area contributed by atoms with E-state index in [9.17, 15) is 4.79 Å². The van der Waals surface area contributed by atoms with Crippen LogP contribution in [0.15, 0.2) is 24.3 Å². The number of carbonyl (C=O) groups is 1. The highest BCUT2D eigenvalue weighted by molar-refractivity contribution is 5.94. The van der Waals surface area contributed by atoms with E-state index in [1.54, 1.807) is 0 Å². The molecular weight excluding hydrogens is 224 g/mol. The standard InChI is InChI=1S/C15H22N2O/c1-4-16-13-7-5-12(6-8-13)14(18)17-10-9-15(2,3)11-17/h5-8,16H,4,9-11H2,1-3H3. The molecule has 1 aromatic carbocycles. The van der Waals surface area contributed by atoms with E-state index in [4.69, 9.17) is 0 Å². The maximum Gasteiger partial charge on any atom is 0.253 e. The highest BCUT2D eigenvalue weighted by Crippen LogP contribution is 2.29. The van der Waals surface area contributed by atoms with Crippen molar-refractivity contribution in [2.24, 2.45) is 5.41 Å². The Bertz CT molecular complexity index is 423. The third kappa shape index (κ3) is 2.84. The molecule has 2 rings (SSSR count). The van der Waals surface area contributed by atoms with E-state index >= 15 is 0 Å². The van der Waals surface area contributed by atoms with Gasteiger partial charge in [-0.3, -0.25) is 4.79 Å². The molecule has 1 aromatic rings. The number of nitrogens with zero attached hydrogens (tertiary/aromatic N) is 1. The van der Waals surface area contributed by atoms with Gasteiger partial charge in [0, 0.05) is 30.9 Å². The van der Waals surface area contributed by atoms with Crippen molar-refractivity contribution in [1.29, 1.82) is 0 Å². The molecule has 1 aliphatic heterocycles. The predicted molar refractivity (Wildman–Crippen MR) is 74.9 cm³/mol. The van der Waals surface area contributed by atoms with Crippen molar-refractivity contribution < 1.29 is 4.79 Å². The van der Waals surface area contributed by atoms with Crippen LogP contribution in [0.4, 0.5) is 5.69 Å². The minimum atomic E-state index is 0.156. The van der Waals surface area contributed by atoms with Crippen molar-refractivity contribution in [3.05, 3.63) is 29.8 Å². The van der Waals surface area contributed by atoms with Crippen LogP contribution in [0.1, 0.15) is 37.6 Å². The molecule has 3 nitrogen and oxygen atoms in total. The molecule has 1 fully saturated rings. The number of amides is 1. The SMILES string of the molecule is CCNc1ccc(C(=O)N2CCC(C)(C)C2)cc1. The van der Waals surface area contributed by atoms with E-state index in [-0.39, 0.29) is 11.3 Å². The van der Waals surface area contributed by atoms with Gasteiger partial charge >= 0.3 is 0 Å². The number of likely N-dealkylation sites (tertiary alicyclic amines) is 1. The fourth-order valence-corrected chi connectivity index (χ4v) is 2.40. The normalized spacial score (nSPS) is 17.8. The van der Waals surface area contributed by atoms with Crippen LogP contribution >= 0.6 is 0 Å². The molecule has 0 aliphatic carbocycles. The van der Waals surface area contributed by atoms with Crippen LogP contribution in [-0.2, 0) is 0 Å². The molecule has 3 heteroatoms. The van der Waals surface area contributed by atoms with Gasteiger partial charge in [-0.2, -0.15) is 0 Å². The molecule has 0 atom stereocenters. The van der Waals surface area contributed by atoms with Gasteiger partial charge in [-0.05, 0) is 43.0 Å². The largest absolute Gasteiger partial charge is 0.385 e. The zero-order chi connectivity index (χ0) is 13.2. The van der Waals surface area contributed by atoms with Gasteiger partial charge in [0.15, 0.2) is 0 Å². The van der Waals surface area contributed by atoms with Crippen LogP contribution < -0.4 is 5.32 Å². The maximum atomic E-state index is 12.3. The Morgan fingerprint density at radius 1 is 1.33 bits per heavy atom. The first-order valence-corrected chi connectivity index (χ1v) is 6.65. The summed E-state index contributed by atoms with van der Waals surface area (Å²) in [5.74, 6) is 0.156. The second-order valence-corrected chi connectivity index (χ2v) is 5.75. The Balaban J connectivity index is 2.05.